The van der Waals surface area contributed by atoms with E-state index in [0.717, 1.165) is 49.0 Å². The van der Waals surface area contributed by atoms with Gasteiger partial charge in [0.1, 0.15) is 0 Å². The summed E-state index contributed by atoms with van der Waals surface area (Å²) in [6, 6.07) is 0. The molecule has 4 rings (SSSR count). The molecule has 2 heteroatoms. The third-order valence-corrected chi connectivity index (χ3v) is 9.92. The Morgan fingerprint density at radius 2 is 1.93 bits per heavy atom. The standard InChI is InChI=1S/C26H43NO/c1-18(2)8-6-9-19(3)21-11-12-22-20-10-13-24-26(5,15-7-17-27(24)28)23(20)14-16-25(21,22)4/h8,19-23H,6-7,9-17H2,1-5H3/t19-,20+,21-,22+,23+,25-,26-/m1/s1. The molecule has 1 heterocycles. The van der Waals surface area contributed by atoms with Gasteiger partial charge in [0.05, 0.1) is 5.41 Å². The predicted octanol–water partition coefficient (Wildman–Crippen LogP) is 6.97. The van der Waals surface area contributed by atoms with E-state index in [1.54, 1.807) is 0 Å². The van der Waals surface area contributed by atoms with Gasteiger partial charge in [-0.2, -0.15) is 0 Å². The van der Waals surface area contributed by atoms with E-state index in [0.29, 0.717) is 5.41 Å². The fraction of sp³-hybridized carbons (Fsp3) is 0.885. The number of fused-ring (bicyclic) bond motifs is 5. The molecular weight excluding hydrogens is 342 g/mol. The van der Waals surface area contributed by atoms with Crippen molar-refractivity contribution in [3.05, 3.63) is 16.9 Å². The van der Waals surface area contributed by atoms with Crippen LogP contribution in [0.4, 0.5) is 0 Å². The van der Waals surface area contributed by atoms with Crippen molar-refractivity contribution in [2.45, 2.75) is 98.8 Å². The largest absolute Gasteiger partial charge is 0.624 e. The van der Waals surface area contributed by atoms with Crippen molar-refractivity contribution in [1.82, 2.24) is 0 Å². The van der Waals surface area contributed by atoms with Crippen molar-refractivity contribution in [3.63, 3.8) is 0 Å². The minimum atomic E-state index is 0.206. The molecular formula is C26H43NO. The molecule has 2 nitrogen and oxygen atoms in total. The van der Waals surface area contributed by atoms with Crippen molar-refractivity contribution in [2.24, 2.45) is 40.4 Å². The zero-order chi connectivity index (χ0) is 20.1. The van der Waals surface area contributed by atoms with Crippen LogP contribution < -0.4 is 0 Å². The van der Waals surface area contributed by atoms with E-state index in [9.17, 15) is 5.21 Å². The molecule has 0 unspecified atom stereocenters. The summed E-state index contributed by atoms with van der Waals surface area (Å²) >= 11 is 0. The fourth-order valence-electron chi connectivity index (χ4n) is 8.56. The third-order valence-electron chi connectivity index (χ3n) is 9.92. The van der Waals surface area contributed by atoms with Crippen LogP contribution in [0.2, 0.25) is 0 Å². The number of allylic oxidation sites excluding steroid dienone is 2. The van der Waals surface area contributed by atoms with Gasteiger partial charge >= 0.3 is 0 Å². The van der Waals surface area contributed by atoms with Gasteiger partial charge in [0.15, 0.2) is 12.3 Å². The molecule has 0 aromatic carbocycles. The Labute approximate surface area is 173 Å². The van der Waals surface area contributed by atoms with Crippen LogP contribution in [0.3, 0.4) is 0 Å². The number of nitrogens with zero attached hydrogens (tertiary/aromatic N) is 1. The van der Waals surface area contributed by atoms with Crippen LogP contribution in [0, 0.1) is 45.6 Å². The number of hydrogen-bond acceptors (Lipinski definition) is 1. The van der Waals surface area contributed by atoms with E-state index < -0.39 is 0 Å². The van der Waals surface area contributed by atoms with Gasteiger partial charge in [-0.3, -0.25) is 0 Å². The highest BCUT2D eigenvalue weighted by molar-refractivity contribution is 5.87. The first-order valence-electron chi connectivity index (χ1n) is 12.2. The monoisotopic (exact) mass is 385 g/mol. The Balaban J connectivity index is 1.52. The maximum absolute atomic E-state index is 12.6. The van der Waals surface area contributed by atoms with Crippen molar-refractivity contribution < 1.29 is 4.74 Å². The van der Waals surface area contributed by atoms with E-state index in [-0.39, 0.29) is 5.41 Å². The van der Waals surface area contributed by atoms with Crippen molar-refractivity contribution in [2.75, 3.05) is 6.54 Å². The summed E-state index contributed by atoms with van der Waals surface area (Å²) in [6.45, 7) is 12.8. The Morgan fingerprint density at radius 1 is 1.14 bits per heavy atom. The minimum absolute atomic E-state index is 0.206. The van der Waals surface area contributed by atoms with Crippen LogP contribution in [0.1, 0.15) is 98.8 Å². The number of hydroxylamine groups is 1. The smallest absolute Gasteiger partial charge is 0.169 e. The molecule has 3 aliphatic carbocycles. The lowest BCUT2D eigenvalue weighted by molar-refractivity contribution is -0.473. The molecule has 0 bridgehead atoms. The van der Waals surface area contributed by atoms with E-state index in [1.807, 2.05) is 0 Å². The first kappa shape index (κ1) is 20.5. The van der Waals surface area contributed by atoms with Crippen molar-refractivity contribution >= 4 is 5.71 Å². The first-order valence-corrected chi connectivity index (χ1v) is 12.2. The Morgan fingerprint density at radius 3 is 2.68 bits per heavy atom. The van der Waals surface area contributed by atoms with E-state index in [2.05, 4.69) is 40.7 Å². The summed E-state index contributed by atoms with van der Waals surface area (Å²) in [5.41, 5.74) is 3.49. The zero-order valence-corrected chi connectivity index (χ0v) is 19.1. The summed E-state index contributed by atoms with van der Waals surface area (Å²) in [5.74, 6) is 4.29. The molecule has 3 fully saturated rings. The van der Waals surface area contributed by atoms with Crippen molar-refractivity contribution in [3.8, 4) is 0 Å². The predicted molar refractivity (Wildman–Crippen MR) is 118 cm³/mol. The lowest BCUT2D eigenvalue weighted by atomic mass is 9.47. The molecule has 0 saturated heterocycles. The lowest BCUT2D eigenvalue weighted by Crippen LogP contribution is -2.55. The molecule has 0 aromatic heterocycles. The quantitative estimate of drug-likeness (QED) is 0.291. The Bertz CT molecular complexity index is 659. The van der Waals surface area contributed by atoms with Gasteiger partial charge in [0.25, 0.3) is 0 Å². The van der Waals surface area contributed by atoms with Gasteiger partial charge in [0, 0.05) is 12.8 Å². The molecule has 1 aliphatic heterocycles. The molecule has 0 aromatic rings. The summed E-state index contributed by atoms with van der Waals surface area (Å²) in [6.07, 6.45) is 15.4. The third kappa shape index (κ3) is 3.18. The normalized spacial score (nSPS) is 43.8. The second kappa shape index (κ2) is 7.47. The van der Waals surface area contributed by atoms with E-state index in [4.69, 9.17) is 0 Å². The highest BCUT2D eigenvalue weighted by Gasteiger charge is 2.61. The van der Waals surface area contributed by atoms with Gasteiger partial charge in [-0.1, -0.05) is 25.5 Å². The van der Waals surface area contributed by atoms with E-state index in [1.165, 1.54) is 67.4 Å². The van der Waals surface area contributed by atoms with Crippen LogP contribution in [-0.2, 0) is 0 Å². The molecule has 0 radical (unpaired) electrons. The molecule has 28 heavy (non-hydrogen) atoms. The van der Waals surface area contributed by atoms with E-state index >= 15 is 0 Å². The molecule has 158 valence electrons. The lowest BCUT2D eigenvalue weighted by Gasteiger charge is -2.57. The topological polar surface area (TPSA) is 26.1 Å². The van der Waals surface area contributed by atoms with Gasteiger partial charge in [-0.05, 0) is 107 Å². The van der Waals surface area contributed by atoms with Gasteiger partial charge in [-0.15, -0.1) is 0 Å². The molecule has 0 amide bonds. The maximum atomic E-state index is 12.6. The summed E-state index contributed by atoms with van der Waals surface area (Å²) < 4.78 is 1.40. The summed E-state index contributed by atoms with van der Waals surface area (Å²) in [7, 11) is 0. The Hall–Kier alpha value is -0.790. The zero-order valence-electron chi connectivity index (χ0n) is 19.1. The highest BCUT2D eigenvalue weighted by atomic mass is 16.5. The van der Waals surface area contributed by atoms with Gasteiger partial charge < -0.3 is 5.21 Å². The molecule has 3 saturated carbocycles. The number of hydrogen-bond donors (Lipinski definition) is 0. The van der Waals surface area contributed by atoms with Crippen LogP contribution in [0.15, 0.2) is 11.6 Å². The van der Waals surface area contributed by atoms with Gasteiger partial charge in [0.2, 0.25) is 0 Å². The summed E-state index contributed by atoms with van der Waals surface area (Å²) in [4.78, 5) is 0. The minimum Gasteiger partial charge on any atom is -0.624 e. The SMILES string of the molecule is CC(C)=CCC[C@@H](C)[C@H]1CC[C@H]2[C@@H]3CCC4=[N+]([O-])CCC[C@]4(C)[C@H]3CC[C@]12C. The average Bonchev–Trinajstić information content (AvgIpc) is 2.98. The highest BCUT2D eigenvalue weighted by Crippen LogP contribution is 2.66. The fourth-order valence-corrected chi connectivity index (χ4v) is 8.56. The molecule has 0 N–H and O–H groups in total. The van der Waals surface area contributed by atoms with Gasteiger partial charge in [-0.25, -0.2) is 4.74 Å². The van der Waals surface area contributed by atoms with Crippen LogP contribution in [0.25, 0.3) is 0 Å². The Kier molecular flexibility index (Phi) is 5.47. The van der Waals surface area contributed by atoms with Crippen LogP contribution in [-0.4, -0.2) is 17.0 Å². The second-order valence-electron chi connectivity index (χ2n) is 11.5. The number of rotatable bonds is 4. The summed E-state index contributed by atoms with van der Waals surface area (Å²) in [5, 5.41) is 12.6. The first-order chi connectivity index (χ1) is 13.3. The molecule has 0 spiro atoms. The van der Waals surface area contributed by atoms with Crippen LogP contribution >= 0.6 is 0 Å². The molecule has 4 aliphatic rings. The maximum Gasteiger partial charge on any atom is 0.169 e. The van der Waals surface area contributed by atoms with Crippen molar-refractivity contribution in [1.29, 1.82) is 0 Å². The van der Waals surface area contributed by atoms with Crippen LogP contribution in [0.5, 0.6) is 0 Å². The molecule has 7 atom stereocenters. The second-order valence-corrected chi connectivity index (χ2v) is 11.5. The average molecular weight is 386 g/mol.